The minimum atomic E-state index is 0.634. The van der Waals surface area contributed by atoms with Gasteiger partial charge < -0.3 is 19.7 Å². The lowest BCUT2D eigenvalue weighted by molar-refractivity contribution is 0.287. The molecule has 4 heteroatoms. The normalized spacial score (nSPS) is 18.8. The lowest BCUT2D eigenvalue weighted by Crippen LogP contribution is -2.35. The molecule has 2 rings (SSSR count). The van der Waals surface area contributed by atoms with E-state index in [0.717, 1.165) is 31.1 Å². The number of hydrogen-bond acceptors (Lipinski definition) is 4. The van der Waals surface area contributed by atoms with Crippen LogP contribution in [0.3, 0.4) is 0 Å². The second-order valence-electron chi connectivity index (χ2n) is 5.17. The van der Waals surface area contributed by atoms with Crippen molar-refractivity contribution in [1.29, 1.82) is 0 Å². The van der Waals surface area contributed by atoms with Gasteiger partial charge in [-0.3, -0.25) is 0 Å². The first-order valence-corrected chi connectivity index (χ1v) is 6.85. The number of rotatable bonds is 6. The molecule has 0 amide bonds. The molecule has 19 heavy (non-hydrogen) atoms. The Morgan fingerprint density at radius 1 is 1.32 bits per heavy atom. The van der Waals surface area contributed by atoms with Gasteiger partial charge >= 0.3 is 0 Å². The molecule has 0 radical (unpaired) electrons. The largest absolute Gasteiger partial charge is 0.497 e. The van der Waals surface area contributed by atoms with E-state index in [1.165, 1.54) is 18.4 Å². The summed E-state index contributed by atoms with van der Waals surface area (Å²) in [5.41, 5.74) is 1.20. The summed E-state index contributed by atoms with van der Waals surface area (Å²) in [7, 11) is 5.53. The van der Waals surface area contributed by atoms with E-state index < -0.39 is 0 Å². The van der Waals surface area contributed by atoms with E-state index in [-0.39, 0.29) is 0 Å². The molecule has 1 atom stereocenters. The van der Waals surface area contributed by atoms with Crippen LogP contribution in [0, 0.1) is 0 Å². The molecule has 1 fully saturated rings. The number of hydrogen-bond donors (Lipinski definition) is 1. The number of nitrogens with zero attached hydrogens (tertiary/aromatic N) is 1. The average Bonchev–Trinajstić information content (AvgIpc) is 2.91. The van der Waals surface area contributed by atoms with Crippen LogP contribution in [0.15, 0.2) is 18.2 Å². The van der Waals surface area contributed by atoms with Gasteiger partial charge in [-0.1, -0.05) is 6.07 Å². The summed E-state index contributed by atoms with van der Waals surface area (Å²) in [6, 6.07) is 6.64. The van der Waals surface area contributed by atoms with Gasteiger partial charge in [-0.05, 0) is 32.5 Å². The van der Waals surface area contributed by atoms with E-state index in [4.69, 9.17) is 9.47 Å². The van der Waals surface area contributed by atoms with Crippen molar-refractivity contribution in [2.24, 2.45) is 0 Å². The lowest BCUT2D eigenvalue weighted by Gasteiger charge is -2.22. The Hall–Kier alpha value is -1.26. The maximum Gasteiger partial charge on any atom is 0.127 e. The van der Waals surface area contributed by atoms with E-state index >= 15 is 0 Å². The number of likely N-dealkylation sites (N-methyl/N-ethyl adjacent to an activating group) is 1. The third-order valence-electron chi connectivity index (χ3n) is 3.63. The predicted molar refractivity (Wildman–Crippen MR) is 76.9 cm³/mol. The molecule has 1 N–H and O–H groups in total. The Bertz CT molecular complexity index is 403. The monoisotopic (exact) mass is 264 g/mol. The van der Waals surface area contributed by atoms with Crippen molar-refractivity contribution in [2.75, 3.05) is 34.4 Å². The summed E-state index contributed by atoms with van der Waals surface area (Å²) >= 11 is 0. The Morgan fingerprint density at radius 3 is 2.79 bits per heavy atom. The Kier molecular flexibility index (Phi) is 5.05. The van der Waals surface area contributed by atoms with Crippen molar-refractivity contribution in [3.05, 3.63) is 23.8 Å². The summed E-state index contributed by atoms with van der Waals surface area (Å²) < 4.78 is 10.7. The molecular weight excluding hydrogens is 240 g/mol. The zero-order chi connectivity index (χ0) is 13.7. The smallest absolute Gasteiger partial charge is 0.127 e. The zero-order valence-corrected chi connectivity index (χ0v) is 12.1. The van der Waals surface area contributed by atoms with Gasteiger partial charge in [0, 0.05) is 30.8 Å². The third kappa shape index (κ3) is 3.85. The zero-order valence-electron chi connectivity index (χ0n) is 12.1. The molecule has 1 aromatic carbocycles. The molecule has 1 aromatic rings. The Labute approximate surface area is 115 Å². The standard InChI is InChI=1S/C15H24N2O2/c1-17(11-13-5-4-8-16-13)10-12-6-7-14(18-2)9-15(12)19-3/h6-7,9,13,16H,4-5,8,10-11H2,1-3H3. The maximum absolute atomic E-state index is 5.44. The first-order chi connectivity index (χ1) is 9.22. The molecule has 106 valence electrons. The highest BCUT2D eigenvalue weighted by Crippen LogP contribution is 2.25. The van der Waals surface area contributed by atoms with E-state index in [9.17, 15) is 0 Å². The molecule has 0 spiro atoms. The van der Waals surface area contributed by atoms with Gasteiger partial charge in [0.2, 0.25) is 0 Å². The SMILES string of the molecule is COc1ccc(CN(C)CC2CCCN2)c(OC)c1. The molecule has 0 bridgehead atoms. The molecule has 1 unspecified atom stereocenters. The van der Waals surface area contributed by atoms with Crippen molar-refractivity contribution in [3.8, 4) is 11.5 Å². The highest BCUT2D eigenvalue weighted by molar-refractivity contribution is 5.40. The second kappa shape index (κ2) is 6.78. The van der Waals surface area contributed by atoms with E-state index in [2.05, 4.69) is 23.3 Å². The van der Waals surface area contributed by atoms with Crippen molar-refractivity contribution < 1.29 is 9.47 Å². The average molecular weight is 264 g/mol. The molecular formula is C15H24N2O2. The van der Waals surface area contributed by atoms with Crippen molar-refractivity contribution in [2.45, 2.75) is 25.4 Å². The molecule has 4 nitrogen and oxygen atoms in total. The van der Waals surface area contributed by atoms with Crippen LogP contribution < -0.4 is 14.8 Å². The van der Waals surface area contributed by atoms with E-state index in [1.54, 1.807) is 14.2 Å². The van der Waals surface area contributed by atoms with Crippen molar-refractivity contribution in [1.82, 2.24) is 10.2 Å². The minimum Gasteiger partial charge on any atom is -0.497 e. The molecule has 1 heterocycles. The van der Waals surface area contributed by atoms with Gasteiger partial charge in [0.05, 0.1) is 14.2 Å². The van der Waals surface area contributed by atoms with Crippen molar-refractivity contribution in [3.63, 3.8) is 0 Å². The summed E-state index contributed by atoms with van der Waals surface area (Å²) in [5.74, 6) is 1.73. The van der Waals surface area contributed by atoms with Crippen molar-refractivity contribution >= 4 is 0 Å². The first kappa shape index (κ1) is 14.2. The number of methoxy groups -OCH3 is 2. The van der Waals surface area contributed by atoms with Crippen LogP contribution >= 0.6 is 0 Å². The third-order valence-corrected chi connectivity index (χ3v) is 3.63. The summed E-state index contributed by atoms with van der Waals surface area (Å²) in [5, 5.41) is 3.53. The molecule has 1 saturated heterocycles. The molecule has 0 aromatic heterocycles. The van der Waals surface area contributed by atoms with Crippen LogP contribution in [0.5, 0.6) is 11.5 Å². The highest BCUT2D eigenvalue weighted by atomic mass is 16.5. The number of ether oxygens (including phenoxy) is 2. The lowest BCUT2D eigenvalue weighted by atomic mass is 10.1. The Morgan fingerprint density at radius 2 is 2.16 bits per heavy atom. The predicted octanol–water partition coefficient (Wildman–Crippen LogP) is 1.89. The quantitative estimate of drug-likeness (QED) is 0.850. The topological polar surface area (TPSA) is 33.7 Å². The number of benzene rings is 1. The highest BCUT2D eigenvalue weighted by Gasteiger charge is 2.16. The van der Waals surface area contributed by atoms with E-state index in [1.807, 2.05) is 12.1 Å². The fourth-order valence-corrected chi connectivity index (χ4v) is 2.63. The first-order valence-electron chi connectivity index (χ1n) is 6.85. The van der Waals surface area contributed by atoms with Crippen LogP contribution in [-0.2, 0) is 6.54 Å². The summed E-state index contributed by atoms with van der Waals surface area (Å²) in [6.07, 6.45) is 2.58. The second-order valence-corrected chi connectivity index (χ2v) is 5.17. The molecule has 0 saturated carbocycles. The van der Waals surface area contributed by atoms with Crippen LogP contribution in [0.4, 0.5) is 0 Å². The van der Waals surface area contributed by atoms with E-state index in [0.29, 0.717) is 6.04 Å². The van der Waals surface area contributed by atoms with Gasteiger partial charge in [0.25, 0.3) is 0 Å². The Balaban J connectivity index is 1.96. The molecule has 1 aliphatic heterocycles. The van der Waals surface area contributed by atoms with Crippen LogP contribution in [-0.4, -0.2) is 45.3 Å². The molecule has 0 aliphatic carbocycles. The van der Waals surface area contributed by atoms with Gasteiger partial charge in [0.15, 0.2) is 0 Å². The van der Waals surface area contributed by atoms with Gasteiger partial charge in [-0.2, -0.15) is 0 Å². The van der Waals surface area contributed by atoms with Gasteiger partial charge in [-0.15, -0.1) is 0 Å². The van der Waals surface area contributed by atoms with Crippen LogP contribution in [0.25, 0.3) is 0 Å². The minimum absolute atomic E-state index is 0.634. The summed E-state index contributed by atoms with van der Waals surface area (Å²) in [6.45, 7) is 3.13. The van der Waals surface area contributed by atoms with Crippen LogP contribution in [0.2, 0.25) is 0 Å². The summed E-state index contributed by atoms with van der Waals surface area (Å²) in [4.78, 5) is 2.34. The van der Waals surface area contributed by atoms with Crippen LogP contribution in [0.1, 0.15) is 18.4 Å². The number of nitrogens with one attached hydrogen (secondary N) is 1. The fraction of sp³-hybridized carbons (Fsp3) is 0.600. The fourth-order valence-electron chi connectivity index (χ4n) is 2.63. The van der Waals surface area contributed by atoms with Gasteiger partial charge in [0.1, 0.15) is 11.5 Å². The molecule has 1 aliphatic rings. The maximum atomic E-state index is 5.44. The van der Waals surface area contributed by atoms with Gasteiger partial charge in [-0.25, -0.2) is 0 Å².